The molecule has 0 heterocycles. The Morgan fingerprint density at radius 3 is 2.12 bits per heavy atom. The summed E-state index contributed by atoms with van der Waals surface area (Å²) in [5.74, 6) is 8.28. The summed E-state index contributed by atoms with van der Waals surface area (Å²) in [5, 5.41) is 0. The van der Waals surface area contributed by atoms with Crippen LogP contribution >= 0.6 is 0 Å². The van der Waals surface area contributed by atoms with Gasteiger partial charge in [0.2, 0.25) is 0 Å². The first-order chi connectivity index (χ1) is 15.8. The molecule has 1 nitrogen and oxygen atoms in total. The molecule has 2 aliphatic carbocycles. The third-order valence-electron chi connectivity index (χ3n) is 7.20. The second-order valence-corrected chi connectivity index (χ2v) is 9.73. The Labute approximate surface area is 196 Å². The molecule has 1 atom stereocenters. The van der Waals surface area contributed by atoms with Gasteiger partial charge in [-0.15, -0.1) is 6.58 Å². The minimum absolute atomic E-state index is 0.120. The predicted molar refractivity (Wildman–Crippen MR) is 124 cm³/mol. The number of allylic oxidation sites excluding steroid dienone is 1. The molecule has 2 fully saturated rings. The van der Waals surface area contributed by atoms with Crippen molar-refractivity contribution in [3.8, 4) is 11.8 Å². The quantitative estimate of drug-likeness (QED) is 0.214. The maximum atomic E-state index is 13.0. The van der Waals surface area contributed by atoms with Gasteiger partial charge in [0.1, 0.15) is 0 Å². The highest BCUT2D eigenvalue weighted by Crippen LogP contribution is 2.34. The van der Waals surface area contributed by atoms with Gasteiger partial charge in [-0.2, -0.15) is 13.2 Å². The topological polar surface area (TPSA) is 9.23 Å². The zero-order valence-corrected chi connectivity index (χ0v) is 19.4. The zero-order chi connectivity index (χ0) is 23.7. The monoisotopic (exact) mass is 464 g/mol. The van der Waals surface area contributed by atoms with E-state index < -0.39 is 18.6 Å². The highest BCUT2D eigenvalue weighted by atomic mass is 19.4. The molecule has 5 heteroatoms. The molecule has 2 saturated carbocycles. The van der Waals surface area contributed by atoms with Crippen LogP contribution in [0.25, 0.3) is 0 Å². The van der Waals surface area contributed by atoms with Gasteiger partial charge in [-0.25, -0.2) is 4.39 Å². The summed E-state index contributed by atoms with van der Waals surface area (Å²) in [4.78, 5) is 0. The van der Waals surface area contributed by atoms with Gasteiger partial charge in [-0.3, -0.25) is 0 Å². The summed E-state index contributed by atoms with van der Waals surface area (Å²) in [7, 11) is 0. The van der Waals surface area contributed by atoms with Gasteiger partial charge in [0, 0.05) is 11.5 Å². The van der Waals surface area contributed by atoms with Gasteiger partial charge in [-0.1, -0.05) is 55.7 Å². The van der Waals surface area contributed by atoms with Gasteiger partial charge in [-0.05, 0) is 80.9 Å². The van der Waals surface area contributed by atoms with Crippen LogP contribution in [0.4, 0.5) is 17.6 Å². The summed E-state index contributed by atoms with van der Waals surface area (Å²) >= 11 is 0. The van der Waals surface area contributed by atoms with E-state index >= 15 is 0 Å². The molecule has 0 N–H and O–H groups in total. The second kappa shape index (κ2) is 12.6. The van der Waals surface area contributed by atoms with Crippen LogP contribution in [0.15, 0.2) is 36.9 Å². The third kappa shape index (κ3) is 8.81. The molecule has 0 saturated heterocycles. The number of aryl methyl sites for hydroxylation is 1. The van der Waals surface area contributed by atoms with Crippen LogP contribution in [-0.2, 0) is 11.2 Å². The summed E-state index contributed by atoms with van der Waals surface area (Å²) in [6.45, 7) is 3.83. The van der Waals surface area contributed by atoms with Gasteiger partial charge in [0.25, 0.3) is 6.36 Å². The minimum atomic E-state index is -4.95. The first-order valence-electron chi connectivity index (χ1n) is 12.4. The first-order valence-corrected chi connectivity index (χ1v) is 12.4. The highest BCUT2D eigenvalue weighted by molar-refractivity contribution is 5.36. The smallest absolute Gasteiger partial charge is 0.338 e. The molecule has 0 aliphatic heterocycles. The SMILES string of the molecule is C=CCCC1CCC(CCc2ccc(C#CC3CCC(OC(F)C(F)(F)F)CC3)cc2)CC1. The lowest BCUT2D eigenvalue weighted by Crippen LogP contribution is -2.33. The van der Waals surface area contributed by atoms with Gasteiger partial charge >= 0.3 is 6.18 Å². The Bertz CT molecular complexity index is 773. The Hall–Kier alpha value is -1.80. The van der Waals surface area contributed by atoms with Crippen molar-refractivity contribution in [2.24, 2.45) is 17.8 Å². The third-order valence-corrected chi connectivity index (χ3v) is 7.20. The average molecular weight is 465 g/mol. The van der Waals surface area contributed by atoms with Crippen LogP contribution in [-0.4, -0.2) is 18.6 Å². The largest absolute Gasteiger partial charge is 0.445 e. The van der Waals surface area contributed by atoms with Crippen molar-refractivity contribution >= 4 is 0 Å². The molecular weight excluding hydrogens is 428 g/mol. The summed E-state index contributed by atoms with van der Waals surface area (Å²) < 4.78 is 54.4. The fourth-order valence-corrected chi connectivity index (χ4v) is 5.06. The number of ether oxygens (including phenoxy) is 1. The van der Waals surface area contributed by atoms with Crippen LogP contribution in [0.1, 0.15) is 81.8 Å². The Morgan fingerprint density at radius 2 is 1.55 bits per heavy atom. The first kappa shape index (κ1) is 25.8. The fourth-order valence-electron chi connectivity index (χ4n) is 5.06. The van der Waals surface area contributed by atoms with Crippen molar-refractivity contribution in [3.05, 3.63) is 48.0 Å². The molecule has 1 aromatic carbocycles. The maximum absolute atomic E-state index is 13.0. The van der Waals surface area contributed by atoms with Crippen LogP contribution in [0.2, 0.25) is 0 Å². The van der Waals surface area contributed by atoms with Crippen LogP contribution < -0.4 is 0 Å². The Balaban J connectivity index is 1.36. The molecule has 0 bridgehead atoms. The van der Waals surface area contributed by atoms with Gasteiger partial charge in [0.05, 0.1) is 6.10 Å². The maximum Gasteiger partial charge on any atom is 0.445 e. The van der Waals surface area contributed by atoms with Crippen molar-refractivity contribution in [1.29, 1.82) is 0 Å². The number of alkyl halides is 4. The second-order valence-electron chi connectivity index (χ2n) is 9.73. The Morgan fingerprint density at radius 1 is 0.939 bits per heavy atom. The summed E-state index contributed by atoms with van der Waals surface area (Å²) in [6, 6.07) is 8.42. The van der Waals surface area contributed by atoms with Crippen LogP contribution in [0.5, 0.6) is 0 Å². The average Bonchev–Trinajstić information content (AvgIpc) is 2.81. The Kier molecular flexibility index (Phi) is 9.86. The number of rotatable bonds is 8. The molecule has 3 rings (SSSR count). The molecule has 33 heavy (non-hydrogen) atoms. The van der Waals surface area contributed by atoms with E-state index in [0.717, 1.165) is 30.2 Å². The standard InChI is InChI=1S/C28H36F4O/c1-2-3-4-21-5-7-22(8-6-21)9-10-23-11-13-24(14-12-23)15-16-25-17-19-26(20-18-25)33-27(29)28(30,31)32/h2,11-14,21-22,25-27H,1,3-10,17-20H2. The van der Waals surface area contributed by atoms with Crippen molar-refractivity contribution in [3.63, 3.8) is 0 Å². The molecule has 182 valence electrons. The molecular formula is C28H36F4O. The fraction of sp³-hybridized carbons (Fsp3) is 0.643. The van der Waals surface area contributed by atoms with Crippen molar-refractivity contribution in [2.75, 3.05) is 0 Å². The highest BCUT2D eigenvalue weighted by Gasteiger charge is 2.43. The molecule has 2 aliphatic rings. The summed E-state index contributed by atoms with van der Waals surface area (Å²) in [6.07, 6.45) is 5.50. The lowest BCUT2D eigenvalue weighted by atomic mass is 9.78. The molecule has 0 radical (unpaired) electrons. The van der Waals surface area contributed by atoms with Crippen LogP contribution in [0.3, 0.4) is 0 Å². The predicted octanol–water partition coefficient (Wildman–Crippen LogP) is 8.18. The van der Waals surface area contributed by atoms with Gasteiger partial charge < -0.3 is 4.74 Å². The lowest BCUT2D eigenvalue weighted by molar-refractivity contribution is -0.279. The van der Waals surface area contributed by atoms with Crippen LogP contribution in [0, 0.1) is 29.6 Å². The normalized spacial score (nSPS) is 26.8. The van der Waals surface area contributed by atoms with E-state index in [1.165, 1.54) is 44.1 Å². The van der Waals surface area contributed by atoms with E-state index in [9.17, 15) is 17.6 Å². The van der Waals surface area contributed by atoms with Gasteiger partial charge in [0.15, 0.2) is 0 Å². The van der Waals surface area contributed by atoms with E-state index in [1.807, 2.05) is 6.08 Å². The van der Waals surface area contributed by atoms with E-state index in [0.29, 0.717) is 25.7 Å². The number of benzene rings is 1. The lowest BCUT2D eigenvalue weighted by Gasteiger charge is -2.28. The number of hydrogen-bond donors (Lipinski definition) is 0. The molecule has 0 aromatic heterocycles. The molecule has 1 unspecified atom stereocenters. The molecule has 0 amide bonds. The number of hydrogen-bond acceptors (Lipinski definition) is 1. The molecule has 1 aromatic rings. The van der Waals surface area contributed by atoms with E-state index in [4.69, 9.17) is 0 Å². The van der Waals surface area contributed by atoms with Crippen molar-refractivity contribution in [1.82, 2.24) is 0 Å². The van der Waals surface area contributed by atoms with E-state index in [2.05, 4.69) is 47.4 Å². The summed E-state index contributed by atoms with van der Waals surface area (Å²) in [5.41, 5.74) is 2.30. The van der Waals surface area contributed by atoms with Crippen molar-refractivity contribution < 1.29 is 22.3 Å². The minimum Gasteiger partial charge on any atom is -0.338 e. The van der Waals surface area contributed by atoms with Crippen molar-refractivity contribution in [2.45, 2.75) is 95.7 Å². The number of halogens is 4. The zero-order valence-electron chi connectivity index (χ0n) is 19.4. The van der Waals surface area contributed by atoms with E-state index in [-0.39, 0.29) is 5.92 Å². The molecule has 0 spiro atoms. The van der Waals surface area contributed by atoms with E-state index in [1.54, 1.807) is 0 Å².